The fourth-order valence-electron chi connectivity index (χ4n) is 6.70. The average molecular weight is 310 g/mol. The minimum atomic E-state index is -0.0803. The molecule has 0 aromatic rings. The van der Waals surface area contributed by atoms with Crippen LogP contribution in [0.1, 0.15) is 65.2 Å². The van der Waals surface area contributed by atoms with Gasteiger partial charge in [0, 0.05) is 6.54 Å². The lowest BCUT2D eigenvalue weighted by Gasteiger charge is -2.64. The molecule has 0 aliphatic heterocycles. The average Bonchev–Trinajstić information content (AvgIpc) is 3.14. The van der Waals surface area contributed by atoms with E-state index in [-0.39, 0.29) is 10.8 Å². The van der Waals surface area contributed by atoms with Crippen molar-refractivity contribution < 1.29 is 4.79 Å². The van der Waals surface area contributed by atoms with E-state index < -0.39 is 0 Å². The van der Waals surface area contributed by atoms with Gasteiger partial charge in [0.15, 0.2) is 0 Å². The van der Waals surface area contributed by atoms with Crippen molar-refractivity contribution in [2.24, 2.45) is 28.1 Å². The second kappa shape index (κ2) is 4.40. The number of nitrogens with one attached hydrogen (secondary N) is 1. The molecule has 3 atom stereocenters. The van der Waals surface area contributed by atoms with Crippen LogP contribution in [0.5, 0.6) is 0 Å². The number of carbonyl (C=O) groups excluding carboxylic acids is 1. The van der Waals surface area contributed by atoms with Crippen LogP contribution in [0.15, 0.2) is 0 Å². The van der Waals surface area contributed by atoms with Gasteiger partial charge in [-0.2, -0.15) is 0 Å². The van der Waals surface area contributed by atoms with Crippen LogP contribution in [0, 0.1) is 28.1 Å². The Balaban J connectivity index is 1.49. The van der Waals surface area contributed by atoms with Crippen LogP contribution in [0.3, 0.4) is 0 Å². The molecule has 0 aromatic heterocycles. The van der Waals surface area contributed by atoms with Gasteiger partial charge >= 0.3 is 0 Å². The lowest BCUT2D eigenvalue weighted by Crippen LogP contribution is -2.60. The van der Waals surface area contributed by atoms with E-state index in [1.54, 1.807) is 0 Å². The van der Waals surface area contributed by atoms with Crippen LogP contribution in [-0.2, 0) is 4.79 Å². The van der Waals surface area contributed by atoms with Crippen molar-refractivity contribution in [3.05, 3.63) is 0 Å². The highest BCUT2D eigenvalue weighted by molar-refractivity contribution is 6.21. The molecule has 1 amide bonds. The Kier molecular flexibility index (Phi) is 3.01. The Morgan fingerprint density at radius 1 is 1.14 bits per heavy atom. The van der Waals surface area contributed by atoms with Gasteiger partial charge in [-0.1, -0.05) is 13.8 Å². The molecule has 0 spiro atoms. The molecule has 0 radical (unpaired) electrons. The van der Waals surface area contributed by atoms with E-state index in [4.69, 9.17) is 11.6 Å². The smallest absolute Gasteiger partial charge is 0.226 e. The molecule has 5 aliphatic rings. The Morgan fingerprint density at radius 2 is 1.76 bits per heavy atom. The third kappa shape index (κ3) is 2.42. The Labute approximate surface area is 133 Å². The van der Waals surface area contributed by atoms with Gasteiger partial charge in [0.1, 0.15) is 0 Å². The highest BCUT2D eigenvalue weighted by Crippen LogP contribution is 2.69. The van der Waals surface area contributed by atoms with Crippen molar-refractivity contribution in [3.63, 3.8) is 0 Å². The second-order valence-corrected chi connectivity index (χ2v) is 10.0. The summed E-state index contributed by atoms with van der Waals surface area (Å²) in [5.74, 6) is 1.74. The number of hydrogen-bond donors (Lipinski definition) is 1. The first-order valence-electron chi connectivity index (χ1n) is 8.74. The molecule has 5 fully saturated rings. The zero-order valence-corrected chi connectivity index (χ0v) is 14.1. The topological polar surface area (TPSA) is 29.1 Å². The zero-order valence-electron chi connectivity index (χ0n) is 13.4. The maximum absolute atomic E-state index is 13.0. The summed E-state index contributed by atoms with van der Waals surface area (Å²) >= 11 is 6.37. The van der Waals surface area contributed by atoms with Crippen LogP contribution in [0.2, 0.25) is 0 Å². The Bertz CT molecular complexity index is 454. The molecular weight excluding hydrogens is 282 g/mol. The molecule has 5 aliphatic carbocycles. The fraction of sp³-hybridized carbons (Fsp3) is 0.944. The number of hydrogen-bond acceptors (Lipinski definition) is 1. The van der Waals surface area contributed by atoms with Crippen LogP contribution in [-0.4, -0.2) is 17.8 Å². The van der Waals surface area contributed by atoms with E-state index in [9.17, 15) is 4.79 Å². The number of carbonyl (C=O) groups is 1. The lowest BCUT2D eigenvalue weighted by atomic mass is 9.40. The molecule has 0 heterocycles. The molecule has 1 N–H and O–H groups in total. The van der Waals surface area contributed by atoms with E-state index in [0.717, 1.165) is 25.2 Å². The zero-order chi connectivity index (χ0) is 14.9. The van der Waals surface area contributed by atoms with Crippen LogP contribution in [0.4, 0.5) is 0 Å². The number of alkyl halides is 1. The summed E-state index contributed by atoms with van der Waals surface area (Å²) in [5, 5.41) is 3.37. The van der Waals surface area contributed by atoms with Crippen LogP contribution >= 0.6 is 11.6 Å². The van der Waals surface area contributed by atoms with Crippen molar-refractivity contribution in [3.8, 4) is 0 Å². The molecule has 0 aromatic carbocycles. The first-order valence-corrected chi connectivity index (χ1v) is 9.18. The van der Waals surface area contributed by atoms with Gasteiger partial charge in [-0.25, -0.2) is 0 Å². The minimum Gasteiger partial charge on any atom is -0.354 e. The maximum Gasteiger partial charge on any atom is 0.226 e. The molecule has 21 heavy (non-hydrogen) atoms. The van der Waals surface area contributed by atoms with Crippen molar-refractivity contribution in [2.75, 3.05) is 6.54 Å². The van der Waals surface area contributed by atoms with E-state index in [1.165, 1.54) is 32.1 Å². The first kappa shape index (κ1) is 14.4. The molecular formula is C18H28ClNO. The predicted molar refractivity (Wildman–Crippen MR) is 85.2 cm³/mol. The largest absolute Gasteiger partial charge is 0.354 e. The second-order valence-electron chi connectivity index (χ2n) is 9.47. The number of halogens is 1. The van der Waals surface area contributed by atoms with Gasteiger partial charge < -0.3 is 5.32 Å². The predicted octanol–water partition coefficient (Wildman–Crippen LogP) is 4.12. The van der Waals surface area contributed by atoms with Crippen molar-refractivity contribution in [2.45, 2.75) is 70.6 Å². The SMILES string of the molecule is CC12CC3CC(C)(C1)CC(C(=O)NCC(Cl)C1CC1)(C3)C2. The van der Waals surface area contributed by atoms with Gasteiger partial charge in [0.25, 0.3) is 0 Å². The Morgan fingerprint density at radius 3 is 2.29 bits per heavy atom. The van der Waals surface area contributed by atoms with Crippen molar-refractivity contribution in [1.82, 2.24) is 5.32 Å². The fourth-order valence-corrected chi connectivity index (χ4v) is 7.03. The molecule has 4 bridgehead atoms. The summed E-state index contributed by atoms with van der Waals surface area (Å²) in [6, 6.07) is 0. The summed E-state index contributed by atoms with van der Waals surface area (Å²) in [7, 11) is 0. The van der Waals surface area contributed by atoms with E-state index >= 15 is 0 Å². The van der Waals surface area contributed by atoms with Crippen LogP contribution < -0.4 is 5.32 Å². The summed E-state index contributed by atoms with van der Waals surface area (Å²) in [4.78, 5) is 13.0. The van der Waals surface area contributed by atoms with Gasteiger partial charge in [0.05, 0.1) is 10.8 Å². The molecule has 2 nitrogen and oxygen atoms in total. The van der Waals surface area contributed by atoms with E-state index in [1.807, 2.05) is 0 Å². The highest BCUT2D eigenvalue weighted by atomic mass is 35.5. The summed E-state index contributed by atoms with van der Waals surface area (Å²) < 4.78 is 0. The Hall–Kier alpha value is -0.240. The molecule has 3 unspecified atom stereocenters. The molecule has 0 saturated heterocycles. The van der Waals surface area contributed by atoms with Crippen molar-refractivity contribution >= 4 is 17.5 Å². The quantitative estimate of drug-likeness (QED) is 0.778. The minimum absolute atomic E-state index is 0.0803. The molecule has 5 rings (SSSR count). The van der Waals surface area contributed by atoms with E-state index in [2.05, 4.69) is 19.2 Å². The standard InChI is InChI=1S/C18H28ClNO/c1-16-5-12-6-17(2,9-16)11-18(7-12,10-16)15(21)20-8-14(19)13-3-4-13/h12-14H,3-11H2,1-2H3,(H,20,21). The molecule has 118 valence electrons. The third-order valence-corrected chi connectivity index (χ3v) is 7.21. The highest BCUT2D eigenvalue weighted by Gasteiger charge is 2.62. The maximum atomic E-state index is 13.0. The van der Waals surface area contributed by atoms with Gasteiger partial charge in [0.2, 0.25) is 5.91 Å². The van der Waals surface area contributed by atoms with Crippen LogP contribution in [0.25, 0.3) is 0 Å². The van der Waals surface area contributed by atoms with Gasteiger partial charge in [-0.15, -0.1) is 11.6 Å². The monoisotopic (exact) mass is 309 g/mol. The molecule has 3 heteroatoms. The third-order valence-electron chi connectivity index (χ3n) is 6.70. The summed E-state index contributed by atoms with van der Waals surface area (Å²) in [6.07, 6.45) is 9.84. The molecule has 5 saturated carbocycles. The summed E-state index contributed by atoms with van der Waals surface area (Å²) in [5.41, 5.74) is 0.730. The van der Waals surface area contributed by atoms with E-state index in [0.29, 0.717) is 29.2 Å². The number of amides is 1. The normalized spacial score (nSPS) is 49.2. The summed E-state index contributed by atoms with van der Waals surface area (Å²) in [6.45, 7) is 5.52. The van der Waals surface area contributed by atoms with Crippen molar-refractivity contribution in [1.29, 1.82) is 0 Å². The van der Waals surface area contributed by atoms with Gasteiger partial charge in [-0.3, -0.25) is 4.79 Å². The first-order chi connectivity index (χ1) is 9.82. The lowest BCUT2D eigenvalue weighted by molar-refractivity contribution is -0.170. The number of rotatable bonds is 4. The van der Waals surface area contributed by atoms with Gasteiger partial charge in [-0.05, 0) is 74.0 Å².